The molecule has 2 rings (SSSR count). The van der Waals surface area contributed by atoms with E-state index < -0.39 is 18.0 Å². The summed E-state index contributed by atoms with van der Waals surface area (Å²) in [6.07, 6.45) is 2.35. The highest BCUT2D eigenvalue weighted by molar-refractivity contribution is 5.92. The summed E-state index contributed by atoms with van der Waals surface area (Å²) in [6, 6.07) is 3.37. The van der Waals surface area contributed by atoms with Crippen LogP contribution in [-0.4, -0.2) is 51.7 Å². The Bertz CT molecular complexity index is 1020. The minimum atomic E-state index is -1.01. The van der Waals surface area contributed by atoms with Crippen LogP contribution in [0.2, 0.25) is 0 Å². The van der Waals surface area contributed by atoms with Gasteiger partial charge in [0.2, 0.25) is 17.7 Å². The second kappa shape index (κ2) is 13.0. The van der Waals surface area contributed by atoms with Gasteiger partial charge >= 0.3 is 0 Å². The van der Waals surface area contributed by atoms with Crippen LogP contribution >= 0.6 is 0 Å². The third kappa shape index (κ3) is 8.19. The number of rotatable bonds is 12. The Morgan fingerprint density at radius 2 is 1.80 bits per heavy atom. The van der Waals surface area contributed by atoms with Crippen molar-refractivity contribution in [1.29, 1.82) is 0 Å². The molecule has 8 nitrogen and oxygen atoms in total. The lowest BCUT2D eigenvalue weighted by Gasteiger charge is -2.24. The van der Waals surface area contributed by atoms with E-state index in [0.29, 0.717) is 42.5 Å². The number of benzene rings is 1. The normalized spacial score (nSPS) is 12.8. The number of imidazole rings is 1. The summed E-state index contributed by atoms with van der Waals surface area (Å²) >= 11 is 0. The van der Waals surface area contributed by atoms with Gasteiger partial charge in [0, 0.05) is 25.1 Å². The van der Waals surface area contributed by atoms with Gasteiger partial charge in [0.15, 0.2) is 0 Å². The van der Waals surface area contributed by atoms with E-state index in [1.54, 1.807) is 17.9 Å². The molecule has 1 aromatic carbocycles. The first-order chi connectivity index (χ1) is 16.5. The number of nitrogens with zero attached hydrogens (tertiary/aromatic N) is 2. The van der Waals surface area contributed by atoms with E-state index in [1.165, 1.54) is 12.3 Å². The molecule has 0 aliphatic rings. The van der Waals surface area contributed by atoms with E-state index in [-0.39, 0.29) is 30.5 Å². The second-order valence-corrected chi connectivity index (χ2v) is 9.22. The predicted molar refractivity (Wildman–Crippen MR) is 134 cm³/mol. The van der Waals surface area contributed by atoms with Crippen LogP contribution in [0.3, 0.4) is 0 Å². The molecule has 2 aromatic rings. The summed E-state index contributed by atoms with van der Waals surface area (Å²) in [5.74, 6) is -0.535. The van der Waals surface area contributed by atoms with Crippen molar-refractivity contribution in [3.05, 3.63) is 41.6 Å². The van der Waals surface area contributed by atoms with Crippen molar-refractivity contribution in [1.82, 2.24) is 25.5 Å². The van der Waals surface area contributed by atoms with Crippen LogP contribution in [0.25, 0.3) is 11.3 Å². The van der Waals surface area contributed by atoms with Gasteiger partial charge in [-0.1, -0.05) is 19.9 Å². The number of carbonyl (C=O) groups is 3. The van der Waals surface area contributed by atoms with Crippen molar-refractivity contribution in [2.45, 2.75) is 72.9 Å². The minimum absolute atomic E-state index is 0.133. The van der Waals surface area contributed by atoms with Crippen LogP contribution in [0.1, 0.15) is 71.3 Å². The Morgan fingerprint density at radius 1 is 1.11 bits per heavy atom. The van der Waals surface area contributed by atoms with Gasteiger partial charge in [-0.3, -0.25) is 14.4 Å². The van der Waals surface area contributed by atoms with E-state index in [2.05, 4.69) is 20.6 Å². The molecule has 3 N–H and O–H groups in total. The Labute approximate surface area is 207 Å². The van der Waals surface area contributed by atoms with Crippen molar-refractivity contribution >= 4 is 17.7 Å². The van der Waals surface area contributed by atoms with E-state index in [9.17, 15) is 18.8 Å². The highest BCUT2D eigenvalue weighted by Gasteiger charge is 2.27. The molecule has 1 aromatic heterocycles. The standard InChI is InChI=1S/C26H38FN5O3/c1-7-32(8-2)24(34)14-21(30-23(33)12-9-16(3)4)26(35)29-18(6)25-28-15-22(31-25)19-11-10-17(5)13-20(19)27/h10-11,13,15-16,18,21H,7-9,12,14H2,1-6H3,(H,28,31)(H,29,35)(H,30,33)/t18-,21-/m0/s1. The van der Waals surface area contributed by atoms with Gasteiger partial charge in [0.25, 0.3) is 0 Å². The number of hydrogen-bond acceptors (Lipinski definition) is 4. The quantitative estimate of drug-likeness (QED) is 0.422. The average Bonchev–Trinajstić information content (AvgIpc) is 3.28. The van der Waals surface area contributed by atoms with Crippen LogP contribution in [0.4, 0.5) is 4.39 Å². The molecule has 9 heteroatoms. The molecule has 0 spiro atoms. The van der Waals surface area contributed by atoms with Crippen LogP contribution < -0.4 is 10.6 Å². The highest BCUT2D eigenvalue weighted by Crippen LogP contribution is 2.23. The van der Waals surface area contributed by atoms with Gasteiger partial charge in [0.05, 0.1) is 24.4 Å². The number of halogens is 1. The third-order valence-electron chi connectivity index (χ3n) is 5.87. The van der Waals surface area contributed by atoms with Gasteiger partial charge in [-0.05, 0) is 57.7 Å². The summed E-state index contributed by atoms with van der Waals surface area (Å²) in [6.45, 7) is 12.3. The van der Waals surface area contributed by atoms with Crippen LogP contribution in [0.5, 0.6) is 0 Å². The fraction of sp³-hybridized carbons (Fsp3) is 0.538. The number of H-pyrrole nitrogens is 1. The van der Waals surface area contributed by atoms with Crippen LogP contribution in [-0.2, 0) is 14.4 Å². The molecule has 1 heterocycles. The number of aromatic nitrogens is 2. The summed E-state index contributed by atoms with van der Waals surface area (Å²) in [7, 11) is 0. The lowest BCUT2D eigenvalue weighted by Crippen LogP contribution is -2.50. The first-order valence-electron chi connectivity index (χ1n) is 12.2. The zero-order valence-electron chi connectivity index (χ0n) is 21.6. The Morgan fingerprint density at radius 3 is 2.40 bits per heavy atom. The number of aryl methyl sites for hydroxylation is 1. The third-order valence-corrected chi connectivity index (χ3v) is 5.87. The van der Waals surface area contributed by atoms with E-state index in [0.717, 1.165) is 5.56 Å². The lowest BCUT2D eigenvalue weighted by atomic mass is 10.1. The predicted octanol–water partition coefficient (Wildman–Crippen LogP) is 3.88. The molecule has 0 aliphatic heterocycles. The number of hydrogen-bond donors (Lipinski definition) is 3. The fourth-order valence-corrected chi connectivity index (χ4v) is 3.69. The van der Waals surface area contributed by atoms with Crippen molar-refractivity contribution in [3.8, 4) is 11.3 Å². The molecule has 3 amide bonds. The molecular formula is C26H38FN5O3. The maximum Gasteiger partial charge on any atom is 0.243 e. The molecular weight excluding hydrogens is 449 g/mol. The maximum absolute atomic E-state index is 14.3. The van der Waals surface area contributed by atoms with Gasteiger partial charge < -0.3 is 20.5 Å². The SMILES string of the molecule is CCN(CC)C(=O)C[C@H](NC(=O)CCC(C)C)C(=O)N[C@@H](C)c1ncc(-c2ccc(C)cc2F)[nH]1. The fourth-order valence-electron chi connectivity index (χ4n) is 3.69. The van der Waals surface area contributed by atoms with Crippen molar-refractivity contribution in [2.75, 3.05) is 13.1 Å². The molecule has 0 aliphatic carbocycles. The summed E-state index contributed by atoms with van der Waals surface area (Å²) in [5, 5.41) is 5.55. The molecule has 192 valence electrons. The average molecular weight is 488 g/mol. The molecule has 0 saturated heterocycles. The van der Waals surface area contributed by atoms with Gasteiger partial charge in [-0.15, -0.1) is 0 Å². The van der Waals surface area contributed by atoms with E-state index in [1.807, 2.05) is 40.7 Å². The number of aromatic amines is 1. The summed E-state index contributed by atoms with van der Waals surface area (Å²) in [5.41, 5.74) is 1.69. The van der Waals surface area contributed by atoms with Gasteiger partial charge in [0.1, 0.15) is 17.7 Å². The van der Waals surface area contributed by atoms with Crippen molar-refractivity contribution in [2.24, 2.45) is 5.92 Å². The van der Waals surface area contributed by atoms with Gasteiger partial charge in [-0.2, -0.15) is 0 Å². The molecule has 0 fully saturated rings. The first-order valence-corrected chi connectivity index (χ1v) is 12.2. The second-order valence-electron chi connectivity index (χ2n) is 9.22. The topological polar surface area (TPSA) is 107 Å². The maximum atomic E-state index is 14.3. The Balaban J connectivity index is 2.14. The van der Waals surface area contributed by atoms with Crippen LogP contribution in [0, 0.1) is 18.7 Å². The molecule has 2 atom stereocenters. The zero-order valence-corrected chi connectivity index (χ0v) is 21.6. The largest absolute Gasteiger partial charge is 0.345 e. The van der Waals surface area contributed by atoms with Crippen LogP contribution in [0.15, 0.2) is 24.4 Å². The molecule has 0 radical (unpaired) electrons. The highest BCUT2D eigenvalue weighted by atomic mass is 19.1. The number of carbonyl (C=O) groups excluding carboxylic acids is 3. The number of amides is 3. The summed E-state index contributed by atoms with van der Waals surface area (Å²) < 4.78 is 14.3. The first kappa shape index (κ1) is 28.0. The molecule has 0 saturated carbocycles. The summed E-state index contributed by atoms with van der Waals surface area (Å²) in [4.78, 5) is 47.2. The Hall–Kier alpha value is -3.23. The van der Waals surface area contributed by atoms with E-state index >= 15 is 0 Å². The lowest BCUT2D eigenvalue weighted by molar-refractivity contribution is -0.136. The van der Waals surface area contributed by atoms with Crippen molar-refractivity contribution in [3.63, 3.8) is 0 Å². The number of nitrogens with one attached hydrogen (secondary N) is 3. The molecule has 0 unspecified atom stereocenters. The minimum Gasteiger partial charge on any atom is -0.345 e. The monoisotopic (exact) mass is 487 g/mol. The molecule has 0 bridgehead atoms. The van der Waals surface area contributed by atoms with E-state index in [4.69, 9.17) is 0 Å². The zero-order chi connectivity index (χ0) is 26.1. The Kier molecular flexibility index (Phi) is 10.4. The smallest absolute Gasteiger partial charge is 0.243 e. The van der Waals surface area contributed by atoms with Gasteiger partial charge in [-0.25, -0.2) is 9.37 Å². The molecule has 35 heavy (non-hydrogen) atoms. The van der Waals surface area contributed by atoms with Crippen molar-refractivity contribution < 1.29 is 18.8 Å².